The molecule has 0 amide bonds. The van der Waals surface area contributed by atoms with Crippen LogP contribution in [0.25, 0.3) is 16.8 Å². The molecule has 0 aromatic heterocycles. The predicted molar refractivity (Wildman–Crippen MR) is 74.2 cm³/mol. The molecule has 0 aliphatic rings. The Balaban J connectivity index is 2.42. The molecule has 0 heterocycles. The highest BCUT2D eigenvalue weighted by atomic mass is 19.4. The molecule has 1 nitrogen and oxygen atoms in total. The third kappa shape index (κ3) is 3.53. The molecule has 0 bridgehead atoms. The van der Waals surface area contributed by atoms with Crippen LogP contribution < -0.4 is 0 Å². The van der Waals surface area contributed by atoms with Crippen LogP contribution in [0.15, 0.2) is 48.2 Å². The Hall–Kier alpha value is -1.97. The lowest BCUT2D eigenvalue weighted by atomic mass is 10.1. The lowest BCUT2D eigenvalue weighted by Crippen LogP contribution is -2.17. The van der Waals surface area contributed by atoms with Crippen LogP contribution in [0.4, 0.5) is 13.2 Å². The molecule has 2 rings (SSSR count). The molecule has 0 radical (unpaired) electrons. The van der Waals surface area contributed by atoms with E-state index >= 15 is 0 Å². The predicted octanol–water partition coefficient (Wildman–Crippen LogP) is 5.17. The van der Waals surface area contributed by atoms with Gasteiger partial charge in [0.2, 0.25) is 5.76 Å². The molecular formula is C16H15F3O. The molecule has 2 aromatic carbocycles. The van der Waals surface area contributed by atoms with Gasteiger partial charge in [-0.2, -0.15) is 13.2 Å². The van der Waals surface area contributed by atoms with Crippen molar-refractivity contribution in [1.29, 1.82) is 0 Å². The quantitative estimate of drug-likeness (QED) is 0.705. The summed E-state index contributed by atoms with van der Waals surface area (Å²) in [5, 5.41) is 1.88. The van der Waals surface area contributed by atoms with Gasteiger partial charge in [-0.05, 0) is 42.3 Å². The number of alkyl halides is 3. The monoisotopic (exact) mass is 280 g/mol. The van der Waals surface area contributed by atoms with Gasteiger partial charge < -0.3 is 4.74 Å². The van der Waals surface area contributed by atoms with Crippen LogP contribution in [-0.4, -0.2) is 12.3 Å². The van der Waals surface area contributed by atoms with Crippen LogP contribution in [0.1, 0.15) is 19.4 Å². The molecular weight excluding hydrogens is 265 g/mol. The molecule has 0 atom stereocenters. The van der Waals surface area contributed by atoms with E-state index < -0.39 is 18.0 Å². The molecule has 4 heteroatoms. The molecule has 0 aliphatic heterocycles. The van der Waals surface area contributed by atoms with E-state index in [9.17, 15) is 13.2 Å². The fraction of sp³-hybridized carbons (Fsp3) is 0.250. The number of allylic oxidation sites excluding steroid dienone is 1. The number of benzene rings is 2. The van der Waals surface area contributed by atoms with Crippen molar-refractivity contribution in [3.05, 3.63) is 53.8 Å². The van der Waals surface area contributed by atoms with Crippen LogP contribution in [0.2, 0.25) is 0 Å². The lowest BCUT2D eigenvalue weighted by Gasteiger charge is -2.16. The number of fused-ring (bicyclic) bond motifs is 1. The Kier molecular flexibility index (Phi) is 4.02. The minimum absolute atomic E-state index is 0.469. The average Bonchev–Trinajstić information content (AvgIpc) is 2.36. The molecule has 106 valence electrons. The van der Waals surface area contributed by atoms with Crippen LogP contribution in [0.3, 0.4) is 0 Å². The SMILES string of the molecule is CC(C)O/C(=C/c1ccc2ccccc2c1)C(F)(F)F. The first-order valence-corrected chi connectivity index (χ1v) is 6.30. The summed E-state index contributed by atoms with van der Waals surface area (Å²) in [6.07, 6.45) is -3.98. The smallest absolute Gasteiger partial charge is 0.448 e. The van der Waals surface area contributed by atoms with Gasteiger partial charge in [0.15, 0.2) is 0 Å². The first-order chi connectivity index (χ1) is 9.36. The van der Waals surface area contributed by atoms with E-state index in [1.165, 1.54) is 0 Å². The molecule has 0 unspecified atom stereocenters. The fourth-order valence-electron chi connectivity index (χ4n) is 1.89. The normalized spacial score (nSPS) is 13.0. The fourth-order valence-corrected chi connectivity index (χ4v) is 1.89. The van der Waals surface area contributed by atoms with Crippen molar-refractivity contribution in [2.45, 2.75) is 26.1 Å². The third-order valence-electron chi connectivity index (χ3n) is 2.71. The van der Waals surface area contributed by atoms with E-state index in [0.29, 0.717) is 5.56 Å². The van der Waals surface area contributed by atoms with Crippen LogP contribution >= 0.6 is 0 Å². The molecule has 0 aliphatic carbocycles. The minimum Gasteiger partial charge on any atom is -0.486 e. The van der Waals surface area contributed by atoms with E-state index in [-0.39, 0.29) is 0 Å². The van der Waals surface area contributed by atoms with Gasteiger partial charge in [0.25, 0.3) is 0 Å². The van der Waals surface area contributed by atoms with Gasteiger partial charge in [0.1, 0.15) is 0 Å². The summed E-state index contributed by atoms with van der Waals surface area (Å²) in [5.41, 5.74) is 0.469. The molecule has 0 fully saturated rings. The first kappa shape index (κ1) is 14.4. The van der Waals surface area contributed by atoms with E-state index in [0.717, 1.165) is 16.8 Å². The largest absolute Gasteiger partial charge is 0.486 e. The van der Waals surface area contributed by atoms with Gasteiger partial charge in [-0.3, -0.25) is 0 Å². The molecule has 0 spiro atoms. The van der Waals surface area contributed by atoms with Crippen LogP contribution in [0.5, 0.6) is 0 Å². The van der Waals surface area contributed by atoms with Crippen molar-refractivity contribution in [2.24, 2.45) is 0 Å². The second-order valence-electron chi connectivity index (χ2n) is 4.78. The number of hydrogen-bond donors (Lipinski definition) is 0. The Morgan fingerprint density at radius 1 is 1.05 bits per heavy atom. The summed E-state index contributed by atoms with van der Waals surface area (Å²) in [5.74, 6) is -0.970. The molecule has 20 heavy (non-hydrogen) atoms. The van der Waals surface area contributed by atoms with Gasteiger partial charge in [-0.15, -0.1) is 0 Å². The van der Waals surface area contributed by atoms with Crippen molar-refractivity contribution in [1.82, 2.24) is 0 Å². The summed E-state index contributed by atoms with van der Waals surface area (Å²) >= 11 is 0. The lowest BCUT2D eigenvalue weighted by molar-refractivity contribution is -0.135. The van der Waals surface area contributed by atoms with Crippen molar-refractivity contribution in [3.8, 4) is 0 Å². The van der Waals surface area contributed by atoms with E-state index in [2.05, 4.69) is 0 Å². The van der Waals surface area contributed by atoms with Crippen molar-refractivity contribution in [3.63, 3.8) is 0 Å². The van der Waals surface area contributed by atoms with Gasteiger partial charge >= 0.3 is 6.18 Å². The summed E-state index contributed by atoms with van der Waals surface area (Å²) < 4.78 is 43.5. The number of hydrogen-bond acceptors (Lipinski definition) is 1. The Morgan fingerprint density at radius 3 is 2.30 bits per heavy atom. The highest BCUT2D eigenvalue weighted by Crippen LogP contribution is 2.30. The summed E-state index contributed by atoms with van der Waals surface area (Å²) in [4.78, 5) is 0. The van der Waals surface area contributed by atoms with E-state index in [1.54, 1.807) is 32.0 Å². The zero-order chi connectivity index (χ0) is 14.8. The maximum atomic E-state index is 12.9. The Bertz CT molecular complexity index is 627. The molecule has 0 N–H and O–H groups in total. The van der Waals surface area contributed by atoms with Gasteiger partial charge in [0.05, 0.1) is 6.10 Å². The number of halogens is 3. The van der Waals surface area contributed by atoms with Crippen molar-refractivity contribution in [2.75, 3.05) is 0 Å². The van der Waals surface area contributed by atoms with E-state index in [1.807, 2.05) is 24.3 Å². The van der Waals surface area contributed by atoms with Crippen LogP contribution in [-0.2, 0) is 4.74 Å². The zero-order valence-corrected chi connectivity index (χ0v) is 11.2. The van der Waals surface area contributed by atoms with Crippen molar-refractivity contribution >= 4 is 16.8 Å². The highest BCUT2D eigenvalue weighted by Gasteiger charge is 2.36. The van der Waals surface area contributed by atoms with Gasteiger partial charge in [-0.25, -0.2) is 0 Å². The topological polar surface area (TPSA) is 9.23 Å². The second-order valence-corrected chi connectivity index (χ2v) is 4.78. The zero-order valence-electron chi connectivity index (χ0n) is 11.2. The molecule has 2 aromatic rings. The summed E-state index contributed by atoms with van der Waals surface area (Å²) in [6.45, 7) is 3.14. The number of ether oxygens (including phenoxy) is 1. The van der Waals surface area contributed by atoms with Crippen molar-refractivity contribution < 1.29 is 17.9 Å². The third-order valence-corrected chi connectivity index (χ3v) is 2.71. The molecule has 0 saturated heterocycles. The Morgan fingerprint density at radius 2 is 1.70 bits per heavy atom. The highest BCUT2D eigenvalue weighted by molar-refractivity contribution is 5.84. The maximum Gasteiger partial charge on any atom is 0.448 e. The summed E-state index contributed by atoms with van der Waals surface area (Å²) in [6, 6.07) is 12.7. The second kappa shape index (κ2) is 5.57. The first-order valence-electron chi connectivity index (χ1n) is 6.30. The number of rotatable bonds is 3. The van der Waals surface area contributed by atoms with Gasteiger partial charge in [-0.1, -0.05) is 36.4 Å². The Labute approximate surface area is 115 Å². The minimum atomic E-state index is -4.49. The maximum absolute atomic E-state index is 12.9. The standard InChI is InChI=1S/C16H15F3O/c1-11(2)20-15(16(17,18)19)10-12-7-8-13-5-3-4-6-14(13)9-12/h3-11H,1-2H3/b15-10+. The summed E-state index contributed by atoms with van der Waals surface area (Å²) in [7, 11) is 0. The van der Waals surface area contributed by atoms with Gasteiger partial charge in [0, 0.05) is 0 Å². The van der Waals surface area contributed by atoms with Crippen LogP contribution in [0, 0.1) is 0 Å². The molecule has 0 saturated carbocycles. The van der Waals surface area contributed by atoms with E-state index in [4.69, 9.17) is 4.74 Å². The average molecular weight is 280 g/mol.